The molecule has 2 unspecified atom stereocenters. The van der Waals surface area contributed by atoms with Crippen molar-refractivity contribution in [2.45, 2.75) is 45.1 Å². The molecule has 2 aliphatic heterocycles. The Labute approximate surface area is 110 Å². The highest BCUT2D eigenvalue weighted by atomic mass is 16.1. The van der Waals surface area contributed by atoms with Crippen molar-refractivity contribution in [1.82, 2.24) is 15.5 Å². The van der Waals surface area contributed by atoms with Gasteiger partial charge in [0.25, 0.3) is 0 Å². The van der Waals surface area contributed by atoms with E-state index in [0.717, 1.165) is 32.5 Å². The first-order valence-corrected chi connectivity index (χ1v) is 7.49. The van der Waals surface area contributed by atoms with Crippen LogP contribution in [0, 0.1) is 5.92 Å². The van der Waals surface area contributed by atoms with Crippen molar-refractivity contribution in [1.29, 1.82) is 0 Å². The Morgan fingerprint density at radius 3 is 2.72 bits per heavy atom. The van der Waals surface area contributed by atoms with E-state index >= 15 is 0 Å². The van der Waals surface area contributed by atoms with E-state index in [0.29, 0.717) is 6.04 Å². The van der Waals surface area contributed by atoms with E-state index in [-0.39, 0.29) is 11.8 Å². The van der Waals surface area contributed by atoms with Crippen molar-refractivity contribution in [2.24, 2.45) is 5.92 Å². The van der Waals surface area contributed by atoms with Gasteiger partial charge in [0.15, 0.2) is 0 Å². The Hall–Kier alpha value is -0.610. The largest absolute Gasteiger partial charge is 0.355 e. The quantitative estimate of drug-likeness (QED) is 0.785. The van der Waals surface area contributed by atoms with Gasteiger partial charge in [0.05, 0.1) is 5.92 Å². The summed E-state index contributed by atoms with van der Waals surface area (Å²) in [5, 5.41) is 6.48. The molecular formula is C14H27N3O. The summed E-state index contributed by atoms with van der Waals surface area (Å²) in [6.07, 6.45) is 6.15. The van der Waals surface area contributed by atoms with Gasteiger partial charge < -0.3 is 15.5 Å². The highest BCUT2D eigenvalue weighted by Gasteiger charge is 2.23. The monoisotopic (exact) mass is 253 g/mol. The maximum absolute atomic E-state index is 12.0. The Morgan fingerprint density at radius 2 is 2.06 bits per heavy atom. The smallest absolute Gasteiger partial charge is 0.224 e. The minimum absolute atomic E-state index is 0.183. The van der Waals surface area contributed by atoms with Crippen LogP contribution in [0.25, 0.3) is 0 Å². The van der Waals surface area contributed by atoms with E-state index in [1.165, 1.54) is 32.4 Å². The fraction of sp³-hybridized carbons (Fsp3) is 0.929. The lowest BCUT2D eigenvalue weighted by Crippen LogP contribution is -2.45. The topological polar surface area (TPSA) is 44.4 Å². The molecule has 2 atom stereocenters. The van der Waals surface area contributed by atoms with Gasteiger partial charge in [-0.3, -0.25) is 4.79 Å². The van der Waals surface area contributed by atoms with Crippen LogP contribution >= 0.6 is 0 Å². The van der Waals surface area contributed by atoms with Gasteiger partial charge in [-0.2, -0.15) is 0 Å². The van der Waals surface area contributed by atoms with Gasteiger partial charge in [-0.15, -0.1) is 0 Å². The maximum Gasteiger partial charge on any atom is 0.224 e. The Kier molecular flexibility index (Phi) is 5.45. The molecular weight excluding hydrogens is 226 g/mol. The summed E-state index contributed by atoms with van der Waals surface area (Å²) in [7, 11) is 0. The van der Waals surface area contributed by atoms with Crippen molar-refractivity contribution >= 4 is 5.91 Å². The Morgan fingerprint density at radius 1 is 1.28 bits per heavy atom. The van der Waals surface area contributed by atoms with Crippen LogP contribution in [0.3, 0.4) is 0 Å². The number of carbonyl (C=O) groups excluding carboxylic acids is 1. The van der Waals surface area contributed by atoms with Crippen molar-refractivity contribution in [3.05, 3.63) is 0 Å². The molecule has 2 rings (SSSR count). The van der Waals surface area contributed by atoms with Gasteiger partial charge >= 0.3 is 0 Å². The molecule has 4 heteroatoms. The van der Waals surface area contributed by atoms with E-state index in [9.17, 15) is 4.79 Å². The summed E-state index contributed by atoms with van der Waals surface area (Å²) < 4.78 is 0. The highest BCUT2D eigenvalue weighted by Crippen LogP contribution is 2.14. The van der Waals surface area contributed by atoms with Gasteiger partial charge in [-0.1, -0.05) is 6.42 Å². The molecule has 0 aliphatic carbocycles. The fourth-order valence-electron chi connectivity index (χ4n) is 2.89. The number of rotatable bonds is 4. The number of piperidine rings is 2. The Balaban J connectivity index is 1.59. The second-order valence-electron chi connectivity index (χ2n) is 5.78. The van der Waals surface area contributed by atoms with Gasteiger partial charge in [0.1, 0.15) is 0 Å². The lowest BCUT2D eigenvalue weighted by atomic mass is 9.95. The summed E-state index contributed by atoms with van der Waals surface area (Å²) in [5.41, 5.74) is 0. The van der Waals surface area contributed by atoms with E-state index < -0.39 is 0 Å². The van der Waals surface area contributed by atoms with Crippen molar-refractivity contribution in [3.63, 3.8) is 0 Å². The van der Waals surface area contributed by atoms with Crippen LogP contribution in [-0.4, -0.2) is 49.6 Å². The predicted octanol–water partition coefficient (Wildman–Crippen LogP) is 0.977. The third-order valence-electron chi connectivity index (χ3n) is 4.21. The van der Waals surface area contributed by atoms with Crippen molar-refractivity contribution < 1.29 is 4.79 Å². The molecule has 18 heavy (non-hydrogen) atoms. The second kappa shape index (κ2) is 7.10. The van der Waals surface area contributed by atoms with Gasteiger partial charge in [0.2, 0.25) is 5.91 Å². The lowest BCUT2D eigenvalue weighted by molar-refractivity contribution is -0.125. The average molecular weight is 253 g/mol. The van der Waals surface area contributed by atoms with Gasteiger partial charge in [-0.25, -0.2) is 0 Å². The normalized spacial score (nSPS) is 30.1. The van der Waals surface area contributed by atoms with Crippen molar-refractivity contribution in [3.8, 4) is 0 Å². The first-order chi connectivity index (χ1) is 8.75. The third kappa shape index (κ3) is 4.25. The SMILES string of the molecule is CC1CCC(C(=O)NCCN2CCCCC2)CN1. The first kappa shape index (κ1) is 13.8. The zero-order valence-corrected chi connectivity index (χ0v) is 11.6. The van der Waals surface area contributed by atoms with E-state index in [4.69, 9.17) is 0 Å². The summed E-state index contributed by atoms with van der Waals surface area (Å²) in [6.45, 7) is 7.27. The van der Waals surface area contributed by atoms with Crippen LogP contribution in [0.4, 0.5) is 0 Å². The summed E-state index contributed by atoms with van der Waals surface area (Å²) >= 11 is 0. The molecule has 0 spiro atoms. The zero-order valence-electron chi connectivity index (χ0n) is 11.6. The van der Waals surface area contributed by atoms with Crippen LogP contribution in [-0.2, 0) is 4.79 Å². The number of likely N-dealkylation sites (tertiary alicyclic amines) is 1. The molecule has 2 N–H and O–H groups in total. The highest BCUT2D eigenvalue weighted by molar-refractivity contribution is 5.78. The number of hydrogen-bond acceptors (Lipinski definition) is 3. The summed E-state index contributed by atoms with van der Waals surface area (Å²) in [6, 6.07) is 0.572. The maximum atomic E-state index is 12.0. The van der Waals surface area contributed by atoms with Crippen LogP contribution in [0.15, 0.2) is 0 Å². The minimum Gasteiger partial charge on any atom is -0.355 e. The number of nitrogens with one attached hydrogen (secondary N) is 2. The molecule has 4 nitrogen and oxygen atoms in total. The summed E-state index contributed by atoms with van der Waals surface area (Å²) in [5.74, 6) is 0.425. The van der Waals surface area contributed by atoms with E-state index in [1.54, 1.807) is 0 Å². The van der Waals surface area contributed by atoms with Crippen molar-refractivity contribution in [2.75, 3.05) is 32.7 Å². The van der Waals surface area contributed by atoms with Crippen LogP contribution in [0.2, 0.25) is 0 Å². The standard InChI is InChI=1S/C14H27N3O/c1-12-5-6-13(11-16-12)14(18)15-7-10-17-8-3-2-4-9-17/h12-13,16H,2-11H2,1H3,(H,15,18). The van der Waals surface area contributed by atoms with Crippen LogP contribution in [0.1, 0.15) is 39.0 Å². The predicted molar refractivity (Wildman–Crippen MR) is 73.5 cm³/mol. The molecule has 0 saturated carbocycles. The molecule has 0 aromatic heterocycles. The molecule has 0 bridgehead atoms. The van der Waals surface area contributed by atoms with Crippen LogP contribution in [0.5, 0.6) is 0 Å². The second-order valence-corrected chi connectivity index (χ2v) is 5.78. The van der Waals surface area contributed by atoms with E-state index in [2.05, 4.69) is 22.5 Å². The molecule has 1 amide bonds. The molecule has 2 saturated heterocycles. The number of hydrogen-bond donors (Lipinski definition) is 2. The van der Waals surface area contributed by atoms with E-state index in [1.807, 2.05) is 0 Å². The first-order valence-electron chi connectivity index (χ1n) is 7.49. The minimum atomic E-state index is 0.183. The molecule has 2 aliphatic rings. The molecule has 0 aromatic rings. The van der Waals surface area contributed by atoms with Gasteiger partial charge in [-0.05, 0) is 45.7 Å². The zero-order chi connectivity index (χ0) is 12.8. The number of nitrogens with zero attached hydrogens (tertiary/aromatic N) is 1. The molecule has 104 valence electrons. The number of amides is 1. The molecule has 0 radical (unpaired) electrons. The fourth-order valence-corrected chi connectivity index (χ4v) is 2.89. The number of carbonyl (C=O) groups is 1. The summed E-state index contributed by atoms with van der Waals surface area (Å²) in [4.78, 5) is 14.4. The van der Waals surface area contributed by atoms with Crippen LogP contribution < -0.4 is 10.6 Å². The Bertz CT molecular complexity index is 256. The lowest BCUT2D eigenvalue weighted by Gasteiger charge is -2.28. The third-order valence-corrected chi connectivity index (χ3v) is 4.21. The van der Waals surface area contributed by atoms with Gasteiger partial charge in [0, 0.05) is 25.7 Å². The average Bonchev–Trinajstić information content (AvgIpc) is 2.40. The molecule has 0 aromatic carbocycles. The molecule has 2 fully saturated rings. The molecule has 2 heterocycles.